The summed E-state index contributed by atoms with van der Waals surface area (Å²) in [6, 6.07) is 5.00. The van der Waals surface area contributed by atoms with E-state index in [4.69, 9.17) is 5.73 Å². The predicted octanol–water partition coefficient (Wildman–Crippen LogP) is 3.03. The van der Waals surface area contributed by atoms with Crippen LogP contribution in [-0.4, -0.2) is 11.5 Å². The molecule has 1 aliphatic carbocycles. The molecule has 0 amide bonds. The van der Waals surface area contributed by atoms with Crippen molar-refractivity contribution in [3.05, 3.63) is 28.3 Å². The van der Waals surface area contributed by atoms with Crippen LogP contribution in [0.25, 0.3) is 0 Å². The monoisotopic (exact) mass is 249 g/mol. The van der Waals surface area contributed by atoms with Gasteiger partial charge in [-0.3, -0.25) is 10.1 Å². The molecule has 5 heteroatoms. The topological polar surface area (TPSA) is 81.2 Å². The highest BCUT2D eigenvalue weighted by Crippen LogP contribution is 2.52. The zero-order valence-electron chi connectivity index (χ0n) is 10.8. The Kier molecular flexibility index (Phi) is 3.15. The molecular weight excluding hydrogens is 230 g/mol. The van der Waals surface area contributed by atoms with Crippen LogP contribution in [0, 0.1) is 21.4 Å². The summed E-state index contributed by atoms with van der Waals surface area (Å²) >= 11 is 0. The molecule has 0 bridgehead atoms. The third-order valence-corrected chi connectivity index (χ3v) is 4.00. The molecule has 18 heavy (non-hydrogen) atoms. The molecule has 0 saturated heterocycles. The summed E-state index contributed by atoms with van der Waals surface area (Å²) < 4.78 is 0. The van der Waals surface area contributed by atoms with E-state index < -0.39 is 4.92 Å². The van der Waals surface area contributed by atoms with E-state index in [1.54, 1.807) is 18.2 Å². The Morgan fingerprint density at radius 2 is 2.17 bits per heavy atom. The lowest BCUT2D eigenvalue weighted by Gasteiger charge is -2.20. The van der Waals surface area contributed by atoms with Gasteiger partial charge < -0.3 is 11.1 Å². The molecule has 1 aromatic rings. The van der Waals surface area contributed by atoms with Gasteiger partial charge in [-0.2, -0.15) is 0 Å². The molecule has 0 aliphatic heterocycles. The molecule has 1 aromatic carbocycles. The number of anilines is 2. The first-order valence-electron chi connectivity index (χ1n) is 6.23. The number of nitrogens with zero attached hydrogens (tertiary/aromatic N) is 1. The fourth-order valence-electron chi connectivity index (χ4n) is 2.30. The zero-order valence-corrected chi connectivity index (χ0v) is 10.8. The van der Waals surface area contributed by atoms with E-state index >= 15 is 0 Å². The molecule has 1 aliphatic rings. The van der Waals surface area contributed by atoms with Crippen LogP contribution in [-0.2, 0) is 0 Å². The second-order valence-corrected chi connectivity index (χ2v) is 5.37. The summed E-state index contributed by atoms with van der Waals surface area (Å²) in [7, 11) is 0. The van der Waals surface area contributed by atoms with E-state index in [2.05, 4.69) is 19.2 Å². The van der Waals surface area contributed by atoms with Crippen LogP contribution >= 0.6 is 0 Å². The Morgan fingerprint density at radius 3 is 2.67 bits per heavy atom. The number of nitro benzene ring substituents is 1. The van der Waals surface area contributed by atoms with Crippen molar-refractivity contribution in [1.29, 1.82) is 0 Å². The van der Waals surface area contributed by atoms with Gasteiger partial charge in [0.25, 0.3) is 0 Å². The van der Waals surface area contributed by atoms with Crippen molar-refractivity contribution in [3.63, 3.8) is 0 Å². The number of hydrogen-bond acceptors (Lipinski definition) is 4. The van der Waals surface area contributed by atoms with Gasteiger partial charge in [-0.1, -0.05) is 19.9 Å². The van der Waals surface area contributed by atoms with Crippen molar-refractivity contribution in [1.82, 2.24) is 0 Å². The molecule has 1 saturated carbocycles. The molecule has 1 fully saturated rings. The Labute approximate surface area is 107 Å². The second kappa shape index (κ2) is 4.48. The molecule has 2 rings (SSSR count). The van der Waals surface area contributed by atoms with Gasteiger partial charge >= 0.3 is 5.69 Å². The zero-order chi connectivity index (χ0) is 13.3. The normalized spacial score (nSPS) is 16.6. The quantitative estimate of drug-likeness (QED) is 0.477. The molecule has 0 radical (unpaired) electrons. The van der Waals surface area contributed by atoms with Gasteiger partial charge in [0.1, 0.15) is 11.4 Å². The van der Waals surface area contributed by atoms with Gasteiger partial charge in [0.2, 0.25) is 0 Å². The molecular formula is C13H19N3O2. The van der Waals surface area contributed by atoms with Crippen LogP contribution in [0.1, 0.15) is 26.7 Å². The highest BCUT2D eigenvalue weighted by molar-refractivity contribution is 5.74. The number of nitro groups is 1. The Hall–Kier alpha value is -1.78. The Balaban J connectivity index is 2.15. The van der Waals surface area contributed by atoms with Crippen LogP contribution in [0.3, 0.4) is 0 Å². The Morgan fingerprint density at radius 1 is 1.50 bits per heavy atom. The number of rotatable bonds is 5. The summed E-state index contributed by atoms with van der Waals surface area (Å²) in [6.45, 7) is 5.17. The van der Waals surface area contributed by atoms with Crippen LogP contribution in [0.2, 0.25) is 0 Å². The fraction of sp³-hybridized carbons (Fsp3) is 0.538. The maximum absolute atomic E-state index is 11.0. The minimum absolute atomic E-state index is 0.0166. The van der Waals surface area contributed by atoms with Gasteiger partial charge in [-0.15, -0.1) is 0 Å². The van der Waals surface area contributed by atoms with Crippen LogP contribution in [0.15, 0.2) is 18.2 Å². The van der Waals surface area contributed by atoms with Crippen molar-refractivity contribution in [3.8, 4) is 0 Å². The van der Waals surface area contributed by atoms with Crippen molar-refractivity contribution in [2.24, 2.45) is 11.3 Å². The molecule has 3 N–H and O–H groups in total. The fourth-order valence-corrected chi connectivity index (χ4v) is 2.30. The third kappa shape index (κ3) is 2.25. The standard InChI is InChI=1S/C13H19N3O2/c1-9(2)13(6-7-13)8-15-11-5-3-4-10(14)12(11)16(17)18/h3-5,9,15H,6-8,14H2,1-2H3. The molecule has 0 atom stereocenters. The number of nitrogens with two attached hydrogens (primary N) is 1. The third-order valence-electron chi connectivity index (χ3n) is 4.00. The van der Waals surface area contributed by atoms with E-state index in [0.717, 1.165) is 6.54 Å². The lowest BCUT2D eigenvalue weighted by Crippen LogP contribution is -2.21. The van der Waals surface area contributed by atoms with Gasteiger partial charge in [-0.05, 0) is 36.3 Å². The maximum atomic E-state index is 11.0. The molecule has 98 valence electrons. The number of nitrogen functional groups attached to an aromatic ring is 1. The highest BCUT2D eigenvalue weighted by atomic mass is 16.6. The minimum Gasteiger partial charge on any atom is -0.393 e. The van der Waals surface area contributed by atoms with E-state index in [9.17, 15) is 10.1 Å². The second-order valence-electron chi connectivity index (χ2n) is 5.37. The average molecular weight is 249 g/mol. The first kappa shape index (κ1) is 12.7. The summed E-state index contributed by atoms with van der Waals surface area (Å²) in [5, 5.41) is 14.2. The maximum Gasteiger partial charge on any atom is 0.314 e. The summed E-state index contributed by atoms with van der Waals surface area (Å²) in [5.41, 5.74) is 6.67. The van der Waals surface area contributed by atoms with Crippen molar-refractivity contribution >= 4 is 17.1 Å². The lowest BCUT2D eigenvalue weighted by molar-refractivity contribution is -0.383. The molecule has 0 heterocycles. The van der Waals surface area contributed by atoms with Crippen molar-refractivity contribution in [2.75, 3.05) is 17.6 Å². The van der Waals surface area contributed by atoms with Gasteiger partial charge in [0.05, 0.1) is 4.92 Å². The lowest BCUT2D eigenvalue weighted by atomic mass is 9.92. The van der Waals surface area contributed by atoms with Crippen LogP contribution < -0.4 is 11.1 Å². The number of nitrogens with one attached hydrogen (secondary N) is 1. The number of para-hydroxylation sites is 1. The minimum atomic E-state index is -0.424. The summed E-state index contributed by atoms with van der Waals surface area (Å²) in [5.74, 6) is 0.588. The number of hydrogen-bond donors (Lipinski definition) is 2. The first-order valence-corrected chi connectivity index (χ1v) is 6.23. The first-order chi connectivity index (χ1) is 8.46. The van der Waals surface area contributed by atoms with E-state index in [1.807, 2.05) is 0 Å². The predicted molar refractivity (Wildman–Crippen MR) is 72.5 cm³/mol. The molecule has 5 nitrogen and oxygen atoms in total. The summed E-state index contributed by atoms with van der Waals surface area (Å²) in [4.78, 5) is 10.6. The Bertz CT molecular complexity index is 467. The molecule has 0 spiro atoms. The largest absolute Gasteiger partial charge is 0.393 e. The van der Waals surface area contributed by atoms with E-state index in [0.29, 0.717) is 17.0 Å². The smallest absolute Gasteiger partial charge is 0.314 e. The van der Waals surface area contributed by atoms with Crippen molar-refractivity contribution < 1.29 is 4.92 Å². The molecule has 0 aromatic heterocycles. The van der Waals surface area contributed by atoms with Gasteiger partial charge in [0, 0.05) is 6.54 Å². The average Bonchev–Trinajstić information content (AvgIpc) is 3.06. The summed E-state index contributed by atoms with van der Waals surface area (Å²) in [6.07, 6.45) is 2.38. The SMILES string of the molecule is CC(C)C1(CNc2cccc(N)c2[N+](=O)[O-])CC1. The highest BCUT2D eigenvalue weighted by Gasteiger charge is 2.45. The van der Waals surface area contributed by atoms with Crippen molar-refractivity contribution in [2.45, 2.75) is 26.7 Å². The number of benzene rings is 1. The van der Waals surface area contributed by atoms with Gasteiger partial charge in [-0.25, -0.2) is 0 Å². The molecule has 0 unspecified atom stereocenters. The van der Waals surface area contributed by atoms with Crippen LogP contribution in [0.5, 0.6) is 0 Å². The van der Waals surface area contributed by atoms with Crippen LogP contribution in [0.4, 0.5) is 17.1 Å². The van der Waals surface area contributed by atoms with E-state index in [-0.39, 0.29) is 11.4 Å². The van der Waals surface area contributed by atoms with Gasteiger partial charge in [0.15, 0.2) is 0 Å². The van der Waals surface area contributed by atoms with E-state index in [1.165, 1.54) is 12.8 Å².